The number of anilines is 1. The first-order valence-corrected chi connectivity index (χ1v) is 9.26. The van der Waals surface area contributed by atoms with Crippen molar-refractivity contribution >= 4 is 21.6 Å². The average Bonchev–Trinajstić information content (AvgIpc) is 3.31. The number of aromatic nitrogens is 3. The van der Waals surface area contributed by atoms with E-state index < -0.39 is 15.9 Å². The van der Waals surface area contributed by atoms with E-state index in [0.717, 1.165) is 9.65 Å². The lowest BCUT2D eigenvalue weighted by molar-refractivity contribution is 0.102. The standard InChI is InChI=1S/C17H14N4O4S/c22-17(15-3-1-2-7-18-15)20-13-10-19-21(11-13)26(23,24)14-4-5-16-12(9-14)6-8-25-16/h1-5,7,9-11H,6,8H2,(H,20,22). The van der Waals surface area contributed by atoms with Gasteiger partial charge in [-0.1, -0.05) is 6.07 Å². The molecule has 132 valence electrons. The molecular weight excluding hydrogens is 356 g/mol. The Labute approximate surface area is 149 Å². The van der Waals surface area contributed by atoms with E-state index in [1.165, 1.54) is 24.7 Å². The molecule has 0 saturated heterocycles. The van der Waals surface area contributed by atoms with E-state index in [1.807, 2.05) is 0 Å². The molecule has 0 radical (unpaired) electrons. The number of hydrogen-bond donors (Lipinski definition) is 1. The summed E-state index contributed by atoms with van der Waals surface area (Å²) in [6.45, 7) is 0.546. The Balaban J connectivity index is 1.58. The van der Waals surface area contributed by atoms with E-state index in [0.29, 0.717) is 18.8 Å². The van der Waals surface area contributed by atoms with Crippen LogP contribution < -0.4 is 10.1 Å². The minimum atomic E-state index is -3.86. The Morgan fingerprint density at radius 2 is 2.12 bits per heavy atom. The van der Waals surface area contributed by atoms with Gasteiger partial charge in [0.1, 0.15) is 11.4 Å². The summed E-state index contributed by atoms with van der Waals surface area (Å²) in [5.74, 6) is 0.255. The molecule has 0 bridgehead atoms. The van der Waals surface area contributed by atoms with Gasteiger partial charge in [0, 0.05) is 12.6 Å². The van der Waals surface area contributed by atoms with Crippen molar-refractivity contribution in [3.63, 3.8) is 0 Å². The third kappa shape index (κ3) is 2.93. The Hall–Kier alpha value is -3.20. The first-order valence-electron chi connectivity index (χ1n) is 7.82. The zero-order valence-electron chi connectivity index (χ0n) is 13.5. The van der Waals surface area contributed by atoms with E-state index in [1.54, 1.807) is 30.3 Å². The molecule has 0 aliphatic carbocycles. The Kier molecular flexibility index (Phi) is 3.92. The molecule has 1 aliphatic rings. The molecule has 3 aromatic rings. The Morgan fingerprint density at radius 1 is 1.23 bits per heavy atom. The monoisotopic (exact) mass is 370 g/mol. The predicted molar refractivity (Wildman–Crippen MR) is 92.6 cm³/mol. The summed E-state index contributed by atoms with van der Waals surface area (Å²) in [6, 6.07) is 9.65. The highest BCUT2D eigenvalue weighted by Gasteiger charge is 2.22. The van der Waals surface area contributed by atoms with Crippen molar-refractivity contribution in [2.75, 3.05) is 11.9 Å². The lowest BCUT2D eigenvalue weighted by Crippen LogP contribution is -2.14. The first kappa shape index (κ1) is 16.3. The highest BCUT2D eigenvalue weighted by atomic mass is 32.2. The normalized spacial score (nSPS) is 13.1. The molecule has 2 aromatic heterocycles. The molecule has 3 heterocycles. The van der Waals surface area contributed by atoms with Gasteiger partial charge in [-0.3, -0.25) is 9.78 Å². The summed E-state index contributed by atoms with van der Waals surface area (Å²) in [4.78, 5) is 16.2. The van der Waals surface area contributed by atoms with Crippen molar-refractivity contribution in [1.82, 2.24) is 14.2 Å². The van der Waals surface area contributed by atoms with Crippen LogP contribution in [-0.4, -0.2) is 35.1 Å². The number of hydrogen-bond acceptors (Lipinski definition) is 6. The molecule has 1 aliphatic heterocycles. The lowest BCUT2D eigenvalue weighted by atomic mass is 10.2. The molecule has 9 heteroatoms. The Morgan fingerprint density at radius 3 is 2.92 bits per heavy atom. The van der Waals surface area contributed by atoms with E-state index in [9.17, 15) is 13.2 Å². The van der Waals surface area contributed by atoms with Crippen LogP contribution in [0.2, 0.25) is 0 Å². The average molecular weight is 370 g/mol. The highest BCUT2D eigenvalue weighted by Crippen LogP contribution is 2.28. The van der Waals surface area contributed by atoms with Crippen LogP contribution in [0.5, 0.6) is 5.75 Å². The maximum absolute atomic E-state index is 12.7. The molecule has 26 heavy (non-hydrogen) atoms. The maximum Gasteiger partial charge on any atom is 0.283 e. The zero-order valence-corrected chi connectivity index (χ0v) is 14.3. The van der Waals surface area contributed by atoms with Gasteiger partial charge < -0.3 is 10.1 Å². The van der Waals surface area contributed by atoms with Gasteiger partial charge in [0.05, 0.1) is 29.6 Å². The van der Waals surface area contributed by atoms with Crippen molar-refractivity contribution in [3.8, 4) is 5.75 Å². The summed E-state index contributed by atoms with van der Waals surface area (Å²) < 4.78 is 31.7. The van der Waals surface area contributed by atoms with Crippen LogP contribution in [0.1, 0.15) is 16.1 Å². The summed E-state index contributed by atoms with van der Waals surface area (Å²) in [6.07, 6.45) is 4.69. The van der Waals surface area contributed by atoms with Gasteiger partial charge in [-0.05, 0) is 35.9 Å². The smallest absolute Gasteiger partial charge is 0.283 e. The molecule has 1 aromatic carbocycles. The number of ether oxygens (including phenoxy) is 1. The molecule has 1 amide bonds. The molecular formula is C17H14N4O4S. The Bertz CT molecular complexity index is 1080. The van der Waals surface area contributed by atoms with Gasteiger partial charge >= 0.3 is 0 Å². The van der Waals surface area contributed by atoms with Gasteiger partial charge in [-0.25, -0.2) is 0 Å². The topological polar surface area (TPSA) is 103 Å². The van der Waals surface area contributed by atoms with Crippen molar-refractivity contribution in [3.05, 3.63) is 66.2 Å². The summed E-state index contributed by atoms with van der Waals surface area (Å²) in [5.41, 5.74) is 1.33. The first-order chi connectivity index (χ1) is 12.5. The molecule has 0 atom stereocenters. The second-order valence-electron chi connectivity index (χ2n) is 5.64. The van der Waals surface area contributed by atoms with Crippen LogP contribution in [0, 0.1) is 0 Å². The van der Waals surface area contributed by atoms with Crippen LogP contribution in [0.25, 0.3) is 0 Å². The van der Waals surface area contributed by atoms with Crippen molar-refractivity contribution in [1.29, 1.82) is 0 Å². The van der Waals surface area contributed by atoms with E-state index >= 15 is 0 Å². The summed E-state index contributed by atoms with van der Waals surface area (Å²) >= 11 is 0. The zero-order chi connectivity index (χ0) is 18.1. The van der Waals surface area contributed by atoms with Gasteiger partial charge in [0.15, 0.2) is 0 Å². The molecule has 4 rings (SSSR count). The van der Waals surface area contributed by atoms with Crippen LogP contribution in [0.3, 0.4) is 0 Å². The largest absolute Gasteiger partial charge is 0.493 e. The van der Waals surface area contributed by atoms with Crippen LogP contribution in [-0.2, 0) is 16.4 Å². The van der Waals surface area contributed by atoms with Crippen LogP contribution >= 0.6 is 0 Å². The van der Waals surface area contributed by atoms with Crippen molar-refractivity contribution < 1.29 is 17.9 Å². The van der Waals surface area contributed by atoms with Crippen molar-refractivity contribution in [2.24, 2.45) is 0 Å². The van der Waals surface area contributed by atoms with Crippen LogP contribution in [0.4, 0.5) is 5.69 Å². The quantitative estimate of drug-likeness (QED) is 0.750. The second kappa shape index (κ2) is 6.26. The van der Waals surface area contributed by atoms with E-state index in [4.69, 9.17) is 4.74 Å². The van der Waals surface area contributed by atoms with Gasteiger partial charge in [0.2, 0.25) is 0 Å². The predicted octanol–water partition coefficient (Wildman–Crippen LogP) is 1.70. The number of fused-ring (bicyclic) bond motifs is 1. The number of rotatable bonds is 4. The molecule has 8 nitrogen and oxygen atoms in total. The van der Waals surface area contributed by atoms with Gasteiger partial charge in [-0.15, -0.1) is 0 Å². The summed E-state index contributed by atoms with van der Waals surface area (Å²) in [7, 11) is -3.86. The minimum Gasteiger partial charge on any atom is -0.493 e. The molecule has 0 fully saturated rings. The third-order valence-electron chi connectivity index (χ3n) is 3.92. The fourth-order valence-electron chi connectivity index (χ4n) is 2.62. The number of carbonyl (C=O) groups excluding carboxylic acids is 1. The molecule has 0 unspecified atom stereocenters. The number of amides is 1. The van der Waals surface area contributed by atoms with Crippen LogP contribution in [0.15, 0.2) is 59.9 Å². The third-order valence-corrected chi connectivity index (χ3v) is 5.46. The fraction of sp³-hybridized carbons (Fsp3) is 0.118. The SMILES string of the molecule is O=C(Nc1cnn(S(=O)(=O)c2ccc3c(c2)CCO3)c1)c1ccccn1. The van der Waals surface area contributed by atoms with Gasteiger partial charge in [0.25, 0.3) is 15.9 Å². The van der Waals surface area contributed by atoms with Crippen molar-refractivity contribution in [2.45, 2.75) is 11.3 Å². The number of pyridine rings is 1. The van der Waals surface area contributed by atoms with E-state index in [2.05, 4.69) is 15.4 Å². The van der Waals surface area contributed by atoms with E-state index in [-0.39, 0.29) is 16.3 Å². The minimum absolute atomic E-state index is 0.118. The molecule has 0 saturated carbocycles. The number of nitrogens with zero attached hydrogens (tertiary/aromatic N) is 3. The number of benzene rings is 1. The number of nitrogens with one attached hydrogen (secondary N) is 1. The molecule has 1 N–H and O–H groups in total. The second-order valence-corrected chi connectivity index (χ2v) is 7.44. The highest BCUT2D eigenvalue weighted by molar-refractivity contribution is 7.89. The summed E-state index contributed by atoms with van der Waals surface area (Å²) in [5, 5.41) is 6.44. The fourth-order valence-corrected chi connectivity index (χ4v) is 3.80. The molecule has 0 spiro atoms. The van der Waals surface area contributed by atoms with Gasteiger partial charge in [-0.2, -0.15) is 17.6 Å². The number of carbonyl (C=O) groups is 1. The maximum atomic E-state index is 12.7. The lowest BCUT2D eigenvalue weighted by Gasteiger charge is -2.06.